The van der Waals surface area contributed by atoms with E-state index in [0.717, 1.165) is 17.8 Å². The summed E-state index contributed by atoms with van der Waals surface area (Å²) in [6.07, 6.45) is 7.17. The van der Waals surface area contributed by atoms with Crippen LogP contribution in [0, 0.1) is 28.6 Å². The highest BCUT2D eigenvalue weighted by molar-refractivity contribution is 4.86. The maximum Gasteiger partial charge on any atom is -0.0326 e. The van der Waals surface area contributed by atoms with Crippen molar-refractivity contribution in [3.8, 4) is 0 Å². The van der Waals surface area contributed by atoms with Crippen molar-refractivity contribution >= 4 is 0 Å². The highest BCUT2D eigenvalue weighted by Gasteiger charge is 2.35. The van der Waals surface area contributed by atoms with Crippen LogP contribution in [-0.4, -0.2) is 0 Å². The van der Waals surface area contributed by atoms with Crippen LogP contribution >= 0.6 is 0 Å². The van der Waals surface area contributed by atoms with Crippen LogP contribution in [0.1, 0.15) is 80.6 Å². The van der Waals surface area contributed by atoms with Crippen LogP contribution in [0.4, 0.5) is 0 Å². The molecule has 102 valence electrons. The minimum absolute atomic E-state index is 0.501. The topological polar surface area (TPSA) is 0 Å². The van der Waals surface area contributed by atoms with Gasteiger partial charge in [-0.2, -0.15) is 0 Å². The van der Waals surface area contributed by atoms with Gasteiger partial charge in [-0.05, 0) is 54.3 Å². The molecule has 1 fully saturated rings. The molecule has 1 rings (SSSR count). The first-order valence-corrected chi connectivity index (χ1v) is 7.65. The number of hydrogen-bond acceptors (Lipinski definition) is 0. The molecule has 17 heavy (non-hydrogen) atoms. The first-order valence-electron chi connectivity index (χ1n) is 7.65. The van der Waals surface area contributed by atoms with E-state index in [4.69, 9.17) is 0 Å². The molecule has 2 atom stereocenters. The smallest absolute Gasteiger partial charge is 0.0326 e. The summed E-state index contributed by atoms with van der Waals surface area (Å²) in [5.41, 5.74) is 1.05. The van der Waals surface area contributed by atoms with Crippen LogP contribution in [0.3, 0.4) is 0 Å². The molecule has 0 heterocycles. The molecule has 0 nitrogen and oxygen atoms in total. The minimum Gasteiger partial charge on any atom is -0.0625 e. The Bertz CT molecular complexity index is 234. The van der Waals surface area contributed by atoms with E-state index in [1.807, 2.05) is 0 Å². The molecule has 0 aromatic carbocycles. The van der Waals surface area contributed by atoms with E-state index in [-0.39, 0.29) is 0 Å². The lowest BCUT2D eigenvalue weighted by molar-refractivity contribution is 0.135. The summed E-state index contributed by atoms with van der Waals surface area (Å²) in [4.78, 5) is 0. The standard InChI is InChI=1S/C17H34/c1-13(2)16(4,5)10-11-17(6,7)15-9-8-14(3)12-15/h13-15H,8-12H2,1-7H3. The normalized spacial score (nSPS) is 26.8. The van der Waals surface area contributed by atoms with Crippen molar-refractivity contribution in [1.82, 2.24) is 0 Å². The summed E-state index contributed by atoms with van der Waals surface area (Å²) < 4.78 is 0. The average molecular weight is 238 g/mol. The van der Waals surface area contributed by atoms with Gasteiger partial charge >= 0.3 is 0 Å². The van der Waals surface area contributed by atoms with Gasteiger partial charge in [0.25, 0.3) is 0 Å². The average Bonchev–Trinajstić information content (AvgIpc) is 2.63. The van der Waals surface area contributed by atoms with E-state index in [1.165, 1.54) is 32.1 Å². The first kappa shape index (κ1) is 15.1. The predicted octanol–water partition coefficient (Wildman–Crippen LogP) is 5.91. The van der Waals surface area contributed by atoms with Gasteiger partial charge in [-0.15, -0.1) is 0 Å². The Morgan fingerprint density at radius 1 is 1.00 bits per heavy atom. The summed E-state index contributed by atoms with van der Waals surface area (Å²) in [5, 5.41) is 0. The maximum atomic E-state index is 2.51. The second kappa shape index (κ2) is 5.33. The Labute approximate surface area is 110 Å². The van der Waals surface area contributed by atoms with Crippen LogP contribution in [0.15, 0.2) is 0 Å². The Balaban J connectivity index is 2.50. The summed E-state index contributed by atoms with van der Waals surface area (Å²) >= 11 is 0. The summed E-state index contributed by atoms with van der Waals surface area (Å²) in [7, 11) is 0. The van der Waals surface area contributed by atoms with Crippen molar-refractivity contribution in [2.24, 2.45) is 28.6 Å². The Kier molecular flexibility index (Phi) is 4.72. The zero-order valence-electron chi connectivity index (χ0n) is 13.3. The zero-order valence-corrected chi connectivity index (χ0v) is 13.3. The van der Waals surface area contributed by atoms with Crippen LogP contribution in [-0.2, 0) is 0 Å². The third kappa shape index (κ3) is 4.00. The van der Waals surface area contributed by atoms with E-state index in [1.54, 1.807) is 0 Å². The van der Waals surface area contributed by atoms with Crippen LogP contribution in [0.25, 0.3) is 0 Å². The van der Waals surface area contributed by atoms with Crippen LogP contribution < -0.4 is 0 Å². The highest BCUT2D eigenvalue weighted by atomic mass is 14.4. The van der Waals surface area contributed by atoms with Crippen molar-refractivity contribution in [2.75, 3.05) is 0 Å². The first-order chi connectivity index (χ1) is 7.65. The molecule has 0 heteroatoms. The third-order valence-electron chi connectivity index (χ3n) is 5.78. The van der Waals surface area contributed by atoms with Crippen molar-refractivity contribution in [3.63, 3.8) is 0 Å². The van der Waals surface area contributed by atoms with Gasteiger partial charge in [0, 0.05) is 0 Å². The predicted molar refractivity (Wildman–Crippen MR) is 78.1 cm³/mol. The fourth-order valence-corrected chi connectivity index (χ4v) is 3.05. The number of hydrogen-bond donors (Lipinski definition) is 0. The second-order valence-electron chi connectivity index (χ2n) is 8.25. The van der Waals surface area contributed by atoms with Crippen LogP contribution in [0.2, 0.25) is 0 Å². The van der Waals surface area contributed by atoms with Gasteiger partial charge in [0.15, 0.2) is 0 Å². The molecule has 0 saturated heterocycles. The van der Waals surface area contributed by atoms with Gasteiger partial charge < -0.3 is 0 Å². The molecule has 0 radical (unpaired) electrons. The molecular weight excluding hydrogens is 204 g/mol. The van der Waals surface area contributed by atoms with E-state index >= 15 is 0 Å². The molecular formula is C17H34. The van der Waals surface area contributed by atoms with Crippen molar-refractivity contribution in [2.45, 2.75) is 80.6 Å². The van der Waals surface area contributed by atoms with Gasteiger partial charge in [0.05, 0.1) is 0 Å². The van der Waals surface area contributed by atoms with Crippen molar-refractivity contribution < 1.29 is 0 Å². The lowest BCUT2D eigenvalue weighted by Crippen LogP contribution is -2.27. The van der Waals surface area contributed by atoms with Crippen molar-refractivity contribution in [1.29, 1.82) is 0 Å². The molecule has 0 spiro atoms. The molecule has 1 aliphatic rings. The van der Waals surface area contributed by atoms with Crippen LogP contribution in [0.5, 0.6) is 0 Å². The lowest BCUT2D eigenvalue weighted by Gasteiger charge is -2.37. The molecule has 2 unspecified atom stereocenters. The fourth-order valence-electron chi connectivity index (χ4n) is 3.05. The van der Waals surface area contributed by atoms with Gasteiger partial charge in [-0.25, -0.2) is 0 Å². The molecule has 0 aromatic rings. The Morgan fingerprint density at radius 3 is 2.00 bits per heavy atom. The second-order valence-corrected chi connectivity index (χ2v) is 8.25. The van der Waals surface area contributed by atoms with Crippen molar-refractivity contribution in [3.05, 3.63) is 0 Å². The van der Waals surface area contributed by atoms with E-state index < -0.39 is 0 Å². The molecule has 0 bridgehead atoms. The minimum atomic E-state index is 0.501. The van der Waals surface area contributed by atoms with E-state index in [0.29, 0.717) is 10.8 Å². The SMILES string of the molecule is CC1CCC(C(C)(C)CCC(C)(C)C(C)C)C1. The summed E-state index contributed by atoms with van der Waals surface area (Å²) in [6.45, 7) is 17.0. The largest absolute Gasteiger partial charge is 0.0625 e. The summed E-state index contributed by atoms with van der Waals surface area (Å²) in [5.74, 6) is 2.73. The van der Waals surface area contributed by atoms with Gasteiger partial charge in [0.2, 0.25) is 0 Å². The Hall–Kier alpha value is 0. The molecule has 0 aromatic heterocycles. The lowest BCUT2D eigenvalue weighted by atomic mass is 9.68. The molecule has 0 aliphatic heterocycles. The Morgan fingerprint density at radius 2 is 1.59 bits per heavy atom. The molecule has 1 saturated carbocycles. The monoisotopic (exact) mass is 238 g/mol. The quantitative estimate of drug-likeness (QED) is 0.558. The molecule has 1 aliphatic carbocycles. The zero-order chi connectivity index (χ0) is 13.3. The summed E-state index contributed by atoms with van der Waals surface area (Å²) in [6, 6.07) is 0. The fraction of sp³-hybridized carbons (Fsp3) is 1.00. The third-order valence-corrected chi connectivity index (χ3v) is 5.78. The van der Waals surface area contributed by atoms with Gasteiger partial charge in [-0.3, -0.25) is 0 Å². The number of rotatable bonds is 5. The molecule has 0 amide bonds. The van der Waals surface area contributed by atoms with E-state index in [2.05, 4.69) is 48.5 Å². The van der Waals surface area contributed by atoms with Gasteiger partial charge in [0.1, 0.15) is 0 Å². The maximum absolute atomic E-state index is 2.51. The highest BCUT2D eigenvalue weighted by Crippen LogP contribution is 2.46. The molecule has 0 N–H and O–H groups in total. The van der Waals surface area contributed by atoms with E-state index in [9.17, 15) is 0 Å². The van der Waals surface area contributed by atoms with Gasteiger partial charge in [-0.1, -0.05) is 54.9 Å².